The topological polar surface area (TPSA) is 90.2 Å². The van der Waals surface area contributed by atoms with Crippen molar-refractivity contribution in [2.75, 3.05) is 12.4 Å². The van der Waals surface area contributed by atoms with Gasteiger partial charge in [-0.2, -0.15) is 0 Å². The predicted molar refractivity (Wildman–Crippen MR) is 87.5 cm³/mol. The van der Waals surface area contributed by atoms with Gasteiger partial charge < -0.3 is 10.1 Å². The number of methoxy groups -OCH3 is 1. The van der Waals surface area contributed by atoms with E-state index in [1.54, 1.807) is 0 Å². The van der Waals surface area contributed by atoms with Crippen LogP contribution < -0.4 is 10.1 Å². The molecule has 0 amide bonds. The van der Waals surface area contributed by atoms with Gasteiger partial charge in [0.1, 0.15) is 5.75 Å². The lowest BCUT2D eigenvalue weighted by Crippen LogP contribution is -2.00. The molecule has 0 aliphatic rings. The monoisotopic (exact) mass is 330 g/mol. The summed E-state index contributed by atoms with van der Waals surface area (Å²) in [6.45, 7) is 0. The van der Waals surface area contributed by atoms with Crippen molar-refractivity contribution < 1.29 is 9.66 Å². The quantitative estimate of drug-likeness (QED) is 0.575. The van der Waals surface area contributed by atoms with Crippen molar-refractivity contribution in [2.45, 2.75) is 0 Å². The van der Waals surface area contributed by atoms with Crippen LogP contribution in [0.2, 0.25) is 5.15 Å². The molecule has 1 N–H and O–H groups in total. The number of nitrogens with one attached hydrogen (secondary N) is 1. The Labute approximate surface area is 136 Å². The van der Waals surface area contributed by atoms with E-state index in [4.69, 9.17) is 16.3 Å². The number of nitro benzene ring substituents is 1. The Balaban J connectivity index is 2.01. The Bertz CT molecular complexity index is 901. The lowest BCUT2D eigenvalue weighted by molar-refractivity contribution is -0.384. The average molecular weight is 331 g/mol. The molecule has 3 rings (SSSR count). The summed E-state index contributed by atoms with van der Waals surface area (Å²) in [5.41, 5.74) is 1.80. The number of benzene rings is 2. The van der Waals surface area contributed by atoms with Gasteiger partial charge in [0, 0.05) is 6.07 Å². The molecule has 0 bridgehead atoms. The number of rotatable bonds is 4. The van der Waals surface area contributed by atoms with E-state index in [1.807, 2.05) is 24.3 Å². The molecule has 0 saturated carbocycles. The van der Waals surface area contributed by atoms with Crippen molar-refractivity contribution in [3.05, 3.63) is 57.7 Å². The Kier molecular flexibility index (Phi) is 3.94. The zero-order chi connectivity index (χ0) is 16.4. The van der Waals surface area contributed by atoms with Crippen molar-refractivity contribution in [3.63, 3.8) is 0 Å². The maximum absolute atomic E-state index is 10.8. The number of aromatic nitrogens is 2. The van der Waals surface area contributed by atoms with Gasteiger partial charge in [-0.25, -0.2) is 9.97 Å². The smallest absolute Gasteiger partial charge is 0.273 e. The second kappa shape index (κ2) is 6.05. The number of hydrogen-bond acceptors (Lipinski definition) is 6. The molecular weight excluding hydrogens is 320 g/mol. The Morgan fingerprint density at radius 2 is 1.87 bits per heavy atom. The number of halogens is 1. The molecule has 2 aromatic carbocycles. The van der Waals surface area contributed by atoms with E-state index in [-0.39, 0.29) is 10.8 Å². The van der Waals surface area contributed by atoms with Crippen molar-refractivity contribution >= 4 is 39.8 Å². The minimum Gasteiger partial charge on any atom is -0.494 e. The molecule has 116 valence electrons. The van der Waals surface area contributed by atoms with Crippen molar-refractivity contribution in [1.82, 2.24) is 9.97 Å². The highest BCUT2D eigenvalue weighted by atomic mass is 35.5. The summed E-state index contributed by atoms with van der Waals surface area (Å²) in [5.74, 6) is 0.655. The summed E-state index contributed by atoms with van der Waals surface area (Å²) in [6, 6.07) is 11.5. The molecule has 0 unspecified atom stereocenters. The highest BCUT2D eigenvalue weighted by Crippen LogP contribution is 2.33. The van der Waals surface area contributed by atoms with Crippen LogP contribution in [-0.2, 0) is 0 Å². The fourth-order valence-electron chi connectivity index (χ4n) is 2.08. The summed E-state index contributed by atoms with van der Waals surface area (Å²) in [7, 11) is 1.43. The third kappa shape index (κ3) is 3.00. The Hall–Kier alpha value is -2.93. The molecule has 0 atom stereocenters. The minimum absolute atomic E-state index is 0.0666. The molecule has 0 spiro atoms. The fourth-order valence-corrected chi connectivity index (χ4v) is 2.26. The largest absolute Gasteiger partial charge is 0.494 e. The number of ether oxygens (including phenoxy) is 1. The minimum atomic E-state index is -0.491. The third-order valence-corrected chi connectivity index (χ3v) is 3.44. The van der Waals surface area contributed by atoms with Crippen LogP contribution in [0.4, 0.5) is 17.2 Å². The van der Waals surface area contributed by atoms with Gasteiger partial charge in [-0.1, -0.05) is 23.7 Å². The normalized spacial score (nSPS) is 10.5. The maximum Gasteiger partial charge on any atom is 0.273 e. The first-order valence-electron chi connectivity index (χ1n) is 6.60. The highest BCUT2D eigenvalue weighted by Gasteiger charge is 2.14. The van der Waals surface area contributed by atoms with Gasteiger partial charge in [-0.3, -0.25) is 10.1 Å². The lowest BCUT2D eigenvalue weighted by atomic mass is 10.2. The van der Waals surface area contributed by atoms with Gasteiger partial charge in [0.25, 0.3) is 5.69 Å². The van der Waals surface area contributed by atoms with Gasteiger partial charge in [0.15, 0.2) is 11.0 Å². The first-order chi connectivity index (χ1) is 11.1. The molecule has 3 aromatic rings. The van der Waals surface area contributed by atoms with Crippen LogP contribution in [0, 0.1) is 10.1 Å². The second-order valence-corrected chi connectivity index (χ2v) is 4.98. The van der Waals surface area contributed by atoms with E-state index in [1.165, 1.54) is 25.3 Å². The van der Waals surface area contributed by atoms with Gasteiger partial charge in [0.05, 0.1) is 34.8 Å². The number of fused-ring (bicyclic) bond motifs is 1. The number of nitrogens with zero attached hydrogens (tertiary/aromatic N) is 3. The zero-order valence-corrected chi connectivity index (χ0v) is 12.7. The van der Waals surface area contributed by atoms with Gasteiger partial charge >= 0.3 is 0 Å². The maximum atomic E-state index is 10.8. The Morgan fingerprint density at radius 3 is 2.52 bits per heavy atom. The number of nitro groups is 1. The molecule has 0 fully saturated rings. The summed E-state index contributed by atoms with van der Waals surface area (Å²) in [5, 5.41) is 14.0. The summed E-state index contributed by atoms with van der Waals surface area (Å²) < 4.78 is 5.18. The number of non-ortho nitro benzene ring substituents is 1. The first kappa shape index (κ1) is 15.0. The molecule has 0 aliphatic carbocycles. The van der Waals surface area contributed by atoms with Crippen LogP contribution in [0.5, 0.6) is 5.75 Å². The van der Waals surface area contributed by atoms with Crippen LogP contribution in [0.1, 0.15) is 0 Å². The average Bonchev–Trinajstić information content (AvgIpc) is 2.55. The third-order valence-electron chi connectivity index (χ3n) is 3.18. The molecule has 7 nitrogen and oxygen atoms in total. The molecule has 0 radical (unpaired) electrons. The fraction of sp³-hybridized carbons (Fsp3) is 0.0667. The first-order valence-corrected chi connectivity index (χ1v) is 6.98. The number of hydrogen-bond donors (Lipinski definition) is 1. The van der Waals surface area contributed by atoms with E-state index in [2.05, 4.69) is 15.3 Å². The van der Waals surface area contributed by atoms with E-state index >= 15 is 0 Å². The van der Waals surface area contributed by atoms with E-state index in [0.717, 1.165) is 0 Å². The van der Waals surface area contributed by atoms with Gasteiger partial charge in [-0.05, 0) is 18.2 Å². The van der Waals surface area contributed by atoms with E-state index < -0.39 is 4.92 Å². The molecule has 1 aromatic heterocycles. The van der Waals surface area contributed by atoms with Crippen LogP contribution in [-0.4, -0.2) is 22.0 Å². The molecule has 23 heavy (non-hydrogen) atoms. The molecule has 8 heteroatoms. The van der Waals surface area contributed by atoms with Gasteiger partial charge in [0.2, 0.25) is 0 Å². The standard InChI is InChI=1S/C15H11ClN4O3/c1-23-13-8-9(20(21)22)6-7-12(13)19-15-14(16)17-10-4-2-3-5-11(10)18-15/h2-8H,1H3,(H,18,19). The Morgan fingerprint density at radius 1 is 1.17 bits per heavy atom. The van der Waals surface area contributed by atoms with Crippen molar-refractivity contribution in [1.29, 1.82) is 0 Å². The second-order valence-electron chi connectivity index (χ2n) is 4.62. The van der Waals surface area contributed by atoms with Crippen molar-refractivity contribution in [3.8, 4) is 5.75 Å². The molecule has 1 heterocycles. The molecular formula is C15H11ClN4O3. The molecule has 0 saturated heterocycles. The van der Waals surface area contributed by atoms with Crippen LogP contribution >= 0.6 is 11.6 Å². The van der Waals surface area contributed by atoms with Crippen LogP contribution in [0.25, 0.3) is 11.0 Å². The zero-order valence-electron chi connectivity index (χ0n) is 12.0. The molecule has 0 aliphatic heterocycles. The van der Waals surface area contributed by atoms with E-state index in [9.17, 15) is 10.1 Å². The van der Waals surface area contributed by atoms with Crippen LogP contribution in [0.3, 0.4) is 0 Å². The lowest BCUT2D eigenvalue weighted by Gasteiger charge is -2.11. The van der Waals surface area contributed by atoms with Crippen LogP contribution in [0.15, 0.2) is 42.5 Å². The van der Waals surface area contributed by atoms with Gasteiger partial charge in [-0.15, -0.1) is 0 Å². The summed E-state index contributed by atoms with van der Waals surface area (Å²) >= 11 is 6.15. The SMILES string of the molecule is COc1cc([N+](=O)[O-])ccc1Nc1nc2ccccc2nc1Cl. The number of para-hydroxylation sites is 2. The highest BCUT2D eigenvalue weighted by molar-refractivity contribution is 6.32. The van der Waals surface area contributed by atoms with E-state index in [0.29, 0.717) is 28.3 Å². The predicted octanol–water partition coefficient (Wildman–Crippen LogP) is 3.94. The summed E-state index contributed by atoms with van der Waals surface area (Å²) in [6.07, 6.45) is 0. The summed E-state index contributed by atoms with van der Waals surface area (Å²) in [4.78, 5) is 19.0. The van der Waals surface area contributed by atoms with Crippen molar-refractivity contribution in [2.24, 2.45) is 0 Å². The number of anilines is 2.